The second-order valence-electron chi connectivity index (χ2n) is 6.23. The molecule has 0 saturated carbocycles. The molecule has 0 spiro atoms. The number of benzene rings is 1. The van der Waals surface area contributed by atoms with Gasteiger partial charge in [-0.1, -0.05) is 0 Å². The van der Waals surface area contributed by atoms with E-state index < -0.39 is 22.0 Å². The summed E-state index contributed by atoms with van der Waals surface area (Å²) in [6.07, 6.45) is 0.542. The molecule has 9 nitrogen and oxygen atoms in total. The molecule has 0 bridgehead atoms. The largest absolute Gasteiger partial charge is 0.480 e. The summed E-state index contributed by atoms with van der Waals surface area (Å²) < 4.78 is 24.4. The number of nitrogens with one attached hydrogen (secondary N) is 1. The van der Waals surface area contributed by atoms with E-state index in [1.54, 1.807) is 16.8 Å². The van der Waals surface area contributed by atoms with Crippen LogP contribution < -0.4 is 10.5 Å². The number of aryl methyl sites for hydroxylation is 1. The Labute approximate surface area is 157 Å². The first-order valence-corrected chi connectivity index (χ1v) is 9.76. The molecule has 0 aliphatic rings. The van der Waals surface area contributed by atoms with Crippen molar-refractivity contribution in [2.24, 2.45) is 5.14 Å². The first-order valence-electron chi connectivity index (χ1n) is 8.21. The van der Waals surface area contributed by atoms with Gasteiger partial charge in [-0.3, -0.25) is 9.59 Å². The van der Waals surface area contributed by atoms with Crippen molar-refractivity contribution in [2.75, 3.05) is 0 Å². The van der Waals surface area contributed by atoms with Gasteiger partial charge in [0.2, 0.25) is 15.9 Å². The van der Waals surface area contributed by atoms with E-state index in [-0.39, 0.29) is 17.2 Å². The highest BCUT2D eigenvalue weighted by atomic mass is 32.2. The SMILES string of the molecule is Cc1nn(-c2ccc(S(N)(=O)=O)cc2)c(C)c1CCC(=O)N[C@@H](C)C(=O)O. The van der Waals surface area contributed by atoms with E-state index in [0.29, 0.717) is 12.1 Å². The average molecular weight is 394 g/mol. The highest BCUT2D eigenvalue weighted by Crippen LogP contribution is 2.20. The lowest BCUT2D eigenvalue weighted by Gasteiger charge is -2.09. The third-order valence-corrected chi connectivity index (χ3v) is 5.13. The lowest BCUT2D eigenvalue weighted by atomic mass is 10.1. The number of nitrogens with two attached hydrogens (primary N) is 1. The van der Waals surface area contributed by atoms with Crippen LogP contribution in [0.15, 0.2) is 29.2 Å². The lowest BCUT2D eigenvalue weighted by molar-refractivity contribution is -0.141. The van der Waals surface area contributed by atoms with Crippen molar-refractivity contribution in [3.05, 3.63) is 41.2 Å². The number of primary sulfonamides is 1. The number of carbonyl (C=O) groups is 2. The molecule has 10 heteroatoms. The average Bonchev–Trinajstić information content (AvgIpc) is 2.86. The number of amides is 1. The van der Waals surface area contributed by atoms with Crippen LogP contribution in [0, 0.1) is 13.8 Å². The molecule has 1 aromatic heterocycles. The van der Waals surface area contributed by atoms with E-state index in [0.717, 1.165) is 17.0 Å². The van der Waals surface area contributed by atoms with Crippen LogP contribution in [0.2, 0.25) is 0 Å². The maximum atomic E-state index is 11.9. The van der Waals surface area contributed by atoms with E-state index >= 15 is 0 Å². The van der Waals surface area contributed by atoms with Crippen LogP contribution in [-0.2, 0) is 26.0 Å². The van der Waals surface area contributed by atoms with Crippen LogP contribution in [0.4, 0.5) is 0 Å². The van der Waals surface area contributed by atoms with Gasteiger partial charge < -0.3 is 10.4 Å². The number of carbonyl (C=O) groups excluding carboxylic acids is 1. The minimum absolute atomic E-state index is 0.0113. The molecule has 2 rings (SSSR count). The Bertz CT molecular complexity index is 964. The van der Waals surface area contributed by atoms with Crippen LogP contribution >= 0.6 is 0 Å². The van der Waals surface area contributed by atoms with Crippen LogP contribution in [0.25, 0.3) is 5.69 Å². The van der Waals surface area contributed by atoms with Crippen molar-refractivity contribution in [1.82, 2.24) is 15.1 Å². The molecular formula is C17H22N4O5S. The predicted molar refractivity (Wildman–Crippen MR) is 98.0 cm³/mol. The summed E-state index contributed by atoms with van der Waals surface area (Å²) in [4.78, 5) is 22.7. The highest BCUT2D eigenvalue weighted by molar-refractivity contribution is 7.89. The van der Waals surface area contributed by atoms with Crippen LogP contribution in [0.3, 0.4) is 0 Å². The zero-order valence-electron chi connectivity index (χ0n) is 15.3. The molecule has 0 saturated heterocycles. The van der Waals surface area contributed by atoms with Gasteiger partial charge in [0.05, 0.1) is 16.3 Å². The Balaban J connectivity index is 2.17. The number of aliphatic carboxylic acids is 1. The zero-order valence-corrected chi connectivity index (χ0v) is 16.1. The fraction of sp³-hybridized carbons (Fsp3) is 0.353. The molecule has 0 aliphatic heterocycles. The Morgan fingerprint density at radius 1 is 1.26 bits per heavy atom. The number of hydrogen-bond acceptors (Lipinski definition) is 5. The number of rotatable bonds is 7. The summed E-state index contributed by atoms with van der Waals surface area (Å²) in [6.45, 7) is 5.07. The van der Waals surface area contributed by atoms with Gasteiger partial charge in [0, 0.05) is 12.1 Å². The second kappa shape index (κ2) is 7.89. The summed E-state index contributed by atoms with van der Waals surface area (Å²) in [6, 6.07) is 5.07. The first-order chi connectivity index (χ1) is 12.5. The zero-order chi connectivity index (χ0) is 20.4. The molecule has 2 aromatic rings. The molecule has 1 atom stereocenters. The topological polar surface area (TPSA) is 144 Å². The van der Waals surface area contributed by atoms with Crippen LogP contribution in [0.5, 0.6) is 0 Å². The second-order valence-corrected chi connectivity index (χ2v) is 7.79. The van der Waals surface area contributed by atoms with Gasteiger partial charge in [-0.2, -0.15) is 5.10 Å². The monoisotopic (exact) mass is 394 g/mol. The Morgan fingerprint density at radius 2 is 1.85 bits per heavy atom. The Morgan fingerprint density at radius 3 is 2.37 bits per heavy atom. The molecule has 1 heterocycles. The van der Waals surface area contributed by atoms with E-state index in [1.165, 1.54) is 19.1 Å². The van der Waals surface area contributed by atoms with Crippen LogP contribution in [0.1, 0.15) is 30.3 Å². The standard InChI is InChI=1S/C17H22N4O5S/c1-10-15(8-9-16(22)19-11(2)17(23)24)12(3)21(20-10)13-4-6-14(7-5-13)27(18,25)26/h4-7,11H,8-9H2,1-3H3,(H,19,22)(H,23,24)(H2,18,25,26)/t11-/m0/s1. The van der Waals surface area contributed by atoms with Gasteiger partial charge in [0.15, 0.2) is 0 Å². The summed E-state index contributed by atoms with van der Waals surface area (Å²) in [5.41, 5.74) is 3.10. The van der Waals surface area contributed by atoms with Crippen molar-refractivity contribution in [3.63, 3.8) is 0 Å². The third-order valence-electron chi connectivity index (χ3n) is 4.20. The molecule has 0 unspecified atom stereocenters. The summed E-state index contributed by atoms with van der Waals surface area (Å²) >= 11 is 0. The van der Waals surface area contributed by atoms with Crippen LogP contribution in [-0.4, -0.2) is 41.2 Å². The van der Waals surface area contributed by atoms with Gasteiger partial charge in [-0.05, 0) is 57.0 Å². The van der Waals surface area contributed by atoms with Gasteiger partial charge >= 0.3 is 5.97 Å². The lowest BCUT2D eigenvalue weighted by Crippen LogP contribution is -2.38. The van der Waals surface area contributed by atoms with E-state index in [1.807, 2.05) is 13.8 Å². The summed E-state index contributed by atoms with van der Waals surface area (Å²) in [7, 11) is -3.77. The molecule has 0 fully saturated rings. The van der Waals surface area contributed by atoms with E-state index in [9.17, 15) is 18.0 Å². The first kappa shape index (κ1) is 20.6. The van der Waals surface area contributed by atoms with Gasteiger partial charge in [0.25, 0.3) is 0 Å². The maximum Gasteiger partial charge on any atom is 0.325 e. The number of nitrogens with zero attached hydrogens (tertiary/aromatic N) is 2. The van der Waals surface area contributed by atoms with Crippen molar-refractivity contribution >= 4 is 21.9 Å². The van der Waals surface area contributed by atoms with Crippen molar-refractivity contribution in [1.29, 1.82) is 0 Å². The normalized spacial score (nSPS) is 12.6. The molecule has 4 N–H and O–H groups in total. The molecule has 1 amide bonds. The van der Waals surface area contributed by atoms with Crippen molar-refractivity contribution in [2.45, 2.75) is 44.6 Å². The number of carboxylic acids is 1. The quantitative estimate of drug-likeness (QED) is 0.629. The highest BCUT2D eigenvalue weighted by Gasteiger charge is 2.17. The van der Waals surface area contributed by atoms with Gasteiger partial charge in [0.1, 0.15) is 6.04 Å². The molecule has 146 valence electrons. The predicted octanol–water partition coefficient (Wildman–Crippen LogP) is 0.658. The van der Waals surface area contributed by atoms with E-state index in [4.69, 9.17) is 10.2 Å². The van der Waals surface area contributed by atoms with Gasteiger partial charge in [-0.25, -0.2) is 18.2 Å². The van der Waals surface area contributed by atoms with Crippen molar-refractivity contribution < 1.29 is 23.1 Å². The maximum absolute atomic E-state index is 11.9. The summed E-state index contributed by atoms with van der Waals surface area (Å²) in [5, 5.41) is 20.8. The number of sulfonamides is 1. The summed E-state index contributed by atoms with van der Waals surface area (Å²) in [5.74, 6) is -1.44. The molecule has 0 radical (unpaired) electrons. The van der Waals surface area contributed by atoms with Gasteiger partial charge in [-0.15, -0.1) is 0 Å². The Hall–Kier alpha value is -2.72. The minimum Gasteiger partial charge on any atom is -0.480 e. The minimum atomic E-state index is -3.77. The third kappa shape index (κ3) is 4.92. The number of hydrogen-bond donors (Lipinski definition) is 3. The molecular weight excluding hydrogens is 372 g/mol. The Kier molecular flexibility index (Phi) is 6.01. The fourth-order valence-electron chi connectivity index (χ4n) is 2.68. The fourth-order valence-corrected chi connectivity index (χ4v) is 3.19. The number of aromatic nitrogens is 2. The molecule has 27 heavy (non-hydrogen) atoms. The molecule has 0 aliphatic carbocycles. The van der Waals surface area contributed by atoms with Crippen molar-refractivity contribution in [3.8, 4) is 5.69 Å². The molecule has 1 aromatic carbocycles. The smallest absolute Gasteiger partial charge is 0.325 e. The van der Waals surface area contributed by atoms with E-state index in [2.05, 4.69) is 10.4 Å². The number of carboxylic acid groups (broad SMARTS) is 1.